The van der Waals surface area contributed by atoms with Crippen LogP contribution < -0.4 is 5.32 Å². The van der Waals surface area contributed by atoms with Crippen LogP contribution in [0.3, 0.4) is 0 Å². The summed E-state index contributed by atoms with van der Waals surface area (Å²) in [4.78, 5) is 28.1. The van der Waals surface area contributed by atoms with E-state index in [2.05, 4.69) is 31.8 Å². The molecule has 3 rings (SSSR count). The summed E-state index contributed by atoms with van der Waals surface area (Å²) in [6, 6.07) is 3.64. The number of nitrogens with one attached hydrogen (secondary N) is 2. The number of aromatic amines is 1. The Morgan fingerprint density at radius 1 is 1.41 bits per heavy atom. The lowest BCUT2D eigenvalue weighted by molar-refractivity contribution is -0.114. The molecule has 110 valence electrons. The van der Waals surface area contributed by atoms with E-state index in [0.29, 0.717) is 5.82 Å². The molecule has 0 aliphatic rings. The van der Waals surface area contributed by atoms with Crippen LogP contribution in [0, 0.1) is 0 Å². The number of imidazole rings is 1. The second-order valence-electron chi connectivity index (χ2n) is 4.49. The minimum Gasteiger partial charge on any atom is -0.344 e. The monoisotopic (exact) mass is 311 g/mol. The standard InChI is InChI=1S/C15H13N5OS/c1-3-11-13(14-17-6-7-18-14)22-15(20-11)10-4-5-16-12(8-10)19-9(2)21/h3-8H,1H2,2H3,(H,17,18)(H,16,19,21). The smallest absolute Gasteiger partial charge is 0.222 e. The molecule has 22 heavy (non-hydrogen) atoms. The van der Waals surface area contributed by atoms with Gasteiger partial charge >= 0.3 is 0 Å². The number of thiazole rings is 1. The van der Waals surface area contributed by atoms with E-state index in [9.17, 15) is 4.79 Å². The van der Waals surface area contributed by atoms with Crippen LogP contribution >= 0.6 is 11.3 Å². The van der Waals surface area contributed by atoms with Gasteiger partial charge in [-0.2, -0.15) is 0 Å². The van der Waals surface area contributed by atoms with Crippen molar-refractivity contribution in [3.8, 4) is 21.3 Å². The summed E-state index contributed by atoms with van der Waals surface area (Å²) < 4.78 is 0. The molecular weight excluding hydrogens is 298 g/mol. The lowest BCUT2D eigenvalue weighted by atomic mass is 10.2. The third-order valence-electron chi connectivity index (χ3n) is 2.87. The van der Waals surface area contributed by atoms with Crippen LogP contribution in [0.2, 0.25) is 0 Å². The first kappa shape index (κ1) is 14.2. The van der Waals surface area contributed by atoms with Crippen LogP contribution in [0.25, 0.3) is 27.3 Å². The minimum absolute atomic E-state index is 0.160. The molecular formula is C15H13N5OS. The Kier molecular flexibility index (Phi) is 3.80. The first-order valence-corrected chi connectivity index (χ1v) is 7.36. The quantitative estimate of drug-likeness (QED) is 0.775. The van der Waals surface area contributed by atoms with Crippen LogP contribution in [-0.2, 0) is 4.79 Å². The molecule has 0 aliphatic carbocycles. The Balaban J connectivity index is 2.02. The van der Waals surface area contributed by atoms with Crippen LogP contribution in [0.4, 0.5) is 5.82 Å². The number of anilines is 1. The van der Waals surface area contributed by atoms with Gasteiger partial charge in [-0.05, 0) is 18.2 Å². The number of rotatable bonds is 4. The van der Waals surface area contributed by atoms with Crippen molar-refractivity contribution in [2.45, 2.75) is 6.92 Å². The van der Waals surface area contributed by atoms with Gasteiger partial charge in [-0.3, -0.25) is 4.79 Å². The zero-order valence-electron chi connectivity index (χ0n) is 11.8. The maximum Gasteiger partial charge on any atom is 0.222 e. The molecule has 0 unspecified atom stereocenters. The Morgan fingerprint density at radius 3 is 2.95 bits per heavy atom. The lowest BCUT2D eigenvalue weighted by Crippen LogP contribution is -2.07. The maximum absolute atomic E-state index is 11.1. The molecule has 7 heteroatoms. The number of hydrogen-bond donors (Lipinski definition) is 2. The van der Waals surface area contributed by atoms with Gasteiger partial charge in [0.25, 0.3) is 0 Å². The fraction of sp³-hybridized carbons (Fsp3) is 0.0667. The highest BCUT2D eigenvalue weighted by Crippen LogP contribution is 2.34. The van der Waals surface area contributed by atoms with Gasteiger partial charge in [0.2, 0.25) is 5.91 Å². The number of carbonyl (C=O) groups is 1. The van der Waals surface area contributed by atoms with Crippen molar-refractivity contribution < 1.29 is 4.79 Å². The molecule has 3 aromatic rings. The largest absolute Gasteiger partial charge is 0.344 e. The second kappa shape index (κ2) is 5.90. The highest BCUT2D eigenvalue weighted by molar-refractivity contribution is 7.18. The van der Waals surface area contributed by atoms with Gasteiger partial charge in [-0.15, -0.1) is 11.3 Å². The fourth-order valence-electron chi connectivity index (χ4n) is 1.97. The van der Waals surface area contributed by atoms with E-state index < -0.39 is 0 Å². The number of carbonyl (C=O) groups excluding carboxylic acids is 1. The highest BCUT2D eigenvalue weighted by Gasteiger charge is 2.14. The first-order chi connectivity index (χ1) is 10.7. The number of pyridine rings is 1. The normalized spacial score (nSPS) is 10.4. The molecule has 0 aliphatic heterocycles. The van der Waals surface area contributed by atoms with Crippen molar-refractivity contribution in [1.82, 2.24) is 19.9 Å². The average molecular weight is 311 g/mol. The van der Waals surface area contributed by atoms with Crippen LogP contribution in [0.15, 0.2) is 37.3 Å². The summed E-state index contributed by atoms with van der Waals surface area (Å²) >= 11 is 1.51. The van der Waals surface area contributed by atoms with Gasteiger partial charge in [0.15, 0.2) is 0 Å². The summed E-state index contributed by atoms with van der Waals surface area (Å²) in [6.45, 7) is 5.25. The van der Waals surface area contributed by atoms with Gasteiger partial charge in [0, 0.05) is 31.1 Å². The summed E-state index contributed by atoms with van der Waals surface area (Å²) in [5.74, 6) is 1.10. The predicted molar refractivity (Wildman–Crippen MR) is 87.3 cm³/mol. The molecule has 0 atom stereocenters. The van der Waals surface area contributed by atoms with E-state index in [1.807, 2.05) is 6.07 Å². The number of hydrogen-bond acceptors (Lipinski definition) is 5. The molecule has 1 amide bonds. The topological polar surface area (TPSA) is 83.6 Å². The lowest BCUT2D eigenvalue weighted by Gasteiger charge is -2.02. The summed E-state index contributed by atoms with van der Waals surface area (Å²) in [5.41, 5.74) is 1.65. The van der Waals surface area contributed by atoms with Crippen molar-refractivity contribution in [1.29, 1.82) is 0 Å². The van der Waals surface area contributed by atoms with E-state index >= 15 is 0 Å². The zero-order chi connectivity index (χ0) is 15.5. The van der Waals surface area contributed by atoms with Crippen molar-refractivity contribution in [3.63, 3.8) is 0 Å². The van der Waals surface area contributed by atoms with Crippen LogP contribution in [0.1, 0.15) is 12.6 Å². The molecule has 0 radical (unpaired) electrons. The third kappa shape index (κ3) is 2.79. The summed E-state index contributed by atoms with van der Waals surface area (Å²) in [7, 11) is 0. The molecule has 0 fully saturated rings. The molecule has 3 aromatic heterocycles. The number of aromatic nitrogens is 4. The van der Waals surface area contributed by atoms with Gasteiger partial charge in [-0.25, -0.2) is 15.0 Å². The second-order valence-corrected chi connectivity index (χ2v) is 5.49. The molecule has 6 nitrogen and oxygen atoms in total. The number of amides is 1. The van der Waals surface area contributed by atoms with Gasteiger partial charge < -0.3 is 10.3 Å². The third-order valence-corrected chi connectivity index (χ3v) is 4.00. The van der Waals surface area contributed by atoms with Gasteiger partial charge in [-0.1, -0.05) is 6.58 Å². The maximum atomic E-state index is 11.1. The number of H-pyrrole nitrogens is 1. The molecule has 0 aromatic carbocycles. The number of nitrogens with zero attached hydrogens (tertiary/aromatic N) is 3. The van der Waals surface area contributed by atoms with Crippen molar-refractivity contribution in [2.24, 2.45) is 0 Å². The first-order valence-electron chi connectivity index (χ1n) is 6.54. The Labute approximate surface area is 131 Å². The summed E-state index contributed by atoms with van der Waals surface area (Å²) in [5, 5.41) is 3.48. The Hall–Kier alpha value is -2.80. The van der Waals surface area contributed by atoms with Gasteiger partial charge in [0.05, 0.1) is 10.6 Å². The minimum atomic E-state index is -0.160. The molecule has 0 saturated carbocycles. The molecule has 0 bridgehead atoms. The average Bonchev–Trinajstić information content (AvgIpc) is 3.15. The van der Waals surface area contributed by atoms with Crippen LogP contribution in [0.5, 0.6) is 0 Å². The fourth-order valence-corrected chi connectivity index (χ4v) is 2.99. The molecule has 0 saturated heterocycles. The van der Waals surface area contributed by atoms with Crippen molar-refractivity contribution in [3.05, 3.63) is 43.0 Å². The highest BCUT2D eigenvalue weighted by atomic mass is 32.1. The van der Waals surface area contributed by atoms with E-state index in [-0.39, 0.29) is 5.91 Å². The zero-order valence-corrected chi connectivity index (χ0v) is 12.6. The van der Waals surface area contributed by atoms with Gasteiger partial charge in [0.1, 0.15) is 16.6 Å². The molecule has 3 heterocycles. The molecule has 0 spiro atoms. The van der Waals surface area contributed by atoms with Crippen LogP contribution in [-0.4, -0.2) is 25.8 Å². The summed E-state index contributed by atoms with van der Waals surface area (Å²) in [6.07, 6.45) is 6.81. The Morgan fingerprint density at radius 2 is 2.27 bits per heavy atom. The Bertz CT molecular complexity index is 822. The van der Waals surface area contributed by atoms with Crippen molar-refractivity contribution >= 4 is 29.1 Å². The van der Waals surface area contributed by atoms with E-state index in [1.54, 1.807) is 30.7 Å². The predicted octanol–water partition coefficient (Wildman–Crippen LogP) is 3.20. The van der Waals surface area contributed by atoms with E-state index in [0.717, 1.165) is 27.0 Å². The van der Waals surface area contributed by atoms with E-state index in [1.165, 1.54) is 18.3 Å². The SMILES string of the molecule is C=Cc1nc(-c2ccnc(NC(C)=O)c2)sc1-c1ncc[nH]1. The van der Waals surface area contributed by atoms with E-state index in [4.69, 9.17) is 0 Å². The molecule has 2 N–H and O–H groups in total. The van der Waals surface area contributed by atoms with Crippen molar-refractivity contribution in [2.75, 3.05) is 5.32 Å².